The van der Waals surface area contributed by atoms with Gasteiger partial charge in [-0.25, -0.2) is 4.98 Å². The van der Waals surface area contributed by atoms with Crippen molar-refractivity contribution in [3.8, 4) is 5.75 Å². The third-order valence-electron chi connectivity index (χ3n) is 7.24. The van der Waals surface area contributed by atoms with Gasteiger partial charge in [0.15, 0.2) is 0 Å². The molecule has 1 fully saturated rings. The third-order valence-corrected chi connectivity index (χ3v) is 7.24. The summed E-state index contributed by atoms with van der Waals surface area (Å²) in [6, 6.07) is 18.4. The normalized spacial score (nSPS) is 14.9. The lowest BCUT2D eigenvalue weighted by atomic mass is 9.95. The average Bonchev–Trinajstić information content (AvgIpc) is 3.22. The quantitative estimate of drug-likeness (QED) is 0.245. The number of amidine groups is 2. The molecule has 0 aliphatic carbocycles. The van der Waals surface area contributed by atoms with Gasteiger partial charge in [0.2, 0.25) is 0 Å². The molecule has 0 amide bonds. The zero-order valence-corrected chi connectivity index (χ0v) is 22.1. The second-order valence-electron chi connectivity index (χ2n) is 11.0. The van der Waals surface area contributed by atoms with E-state index in [0.29, 0.717) is 12.4 Å². The molecule has 1 aliphatic heterocycles. The highest BCUT2D eigenvalue weighted by atomic mass is 16.5. The van der Waals surface area contributed by atoms with Crippen LogP contribution >= 0.6 is 0 Å². The molecule has 3 aromatic carbocycles. The fraction of sp³-hybridized carbons (Fsp3) is 0.367. The van der Waals surface area contributed by atoms with Crippen molar-refractivity contribution in [3.05, 3.63) is 71.5 Å². The maximum atomic E-state index is 7.99. The van der Waals surface area contributed by atoms with Gasteiger partial charge in [-0.15, -0.1) is 0 Å². The lowest BCUT2D eigenvalue weighted by Gasteiger charge is -2.32. The molecule has 192 valence electrons. The van der Waals surface area contributed by atoms with Crippen molar-refractivity contribution in [2.45, 2.75) is 58.6 Å². The Morgan fingerprint density at radius 2 is 1.73 bits per heavy atom. The van der Waals surface area contributed by atoms with Crippen LogP contribution in [-0.4, -0.2) is 45.3 Å². The summed E-state index contributed by atoms with van der Waals surface area (Å²) in [5.74, 6) is 2.58. The van der Waals surface area contributed by atoms with Crippen LogP contribution < -0.4 is 10.5 Å². The van der Waals surface area contributed by atoms with Crippen LogP contribution in [0.3, 0.4) is 0 Å². The molecule has 0 spiro atoms. The molecule has 1 aromatic heterocycles. The number of likely N-dealkylation sites (tertiary alicyclic amines) is 1. The van der Waals surface area contributed by atoms with E-state index in [0.717, 1.165) is 64.9 Å². The molecule has 5 rings (SSSR count). The number of rotatable bonds is 5. The number of aromatic nitrogens is 2. The maximum absolute atomic E-state index is 7.99. The summed E-state index contributed by atoms with van der Waals surface area (Å²) in [6.07, 6.45) is 1.99. The van der Waals surface area contributed by atoms with Gasteiger partial charge in [-0.1, -0.05) is 57.2 Å². The predicted molar refractivity (Wildman–Crippen MR) is 151 cm³/mol. The summed E-state index contributed by atoms with van der Waals surface area (Å²) in [5, 5.41) is 17.9. The van der Waals surface area contributed by atoms with Crippen LogP contribution in [0.2, 0.25) is 0 Å². The van der Waals surface area contributed by atoms with Gasteiger partial charge in [0, 0.05) is 49.5 Å². The Hall–Kier alpha value is -3.87. The van der Waals surface area contributed by atoms with Gasteiger partial charge in [-0.2, -0.15) is 0 Å². The first-order valence-corrected chi connectivity index (χ1v) is 12.9. The molecular weight excluding hydrogens is 460 g/mol. The smallest absolute Gasteiger partial charge is 0.123 e. The molecule has 0 unspecified atom stereocenters. The third kappa shape index (κ3) is 4.90. The van der Waals surface area contributed by atoms with Crippen LogP contribution in [0.5, 0.6) is 5.75 Å². The molecule has 0 radical (unpaired) electrons. The molecule has 1 aliphatic rings. The van der Waals surface area contributed by atoms with Crippen LogP contribution in [0, 0.1) is 10.8 Å². The highest BCUT2D eigenvalue weighted by molar-refractivity contribution is 6.08. The Bertz CT molecular complexity index is 1490. The van der Waals surface area contributed by atoms with Gasteiger partial charge < -0.3 is 19.9 Å². The van der Waals surface area contributed by atoms with E-state index in [4.69, 9.17) is 26.3 Å². The Balaban J connectivity index is 1.49. The Labute approximate surface area is 218 Å². The molecule has 0 saturated carbocycles. The first-order chi connectivity index (χ1) is 17.6. The van der Waals surface area contributed by atoms with E-state index in [1.165, 1.54) is 5.56 Å². The molecule has 7 nitrogen and oxygen atoms in total. The van der Waals surface area contributed by atoms with Gasteiger partial charge in [0.1, 0.15) is 23.5 Å². The summed E-state index contributed by atoms with van der Waals surface area (Å²) in [7, 11) is 0. The second kappa shape index (κ2) is 9.54. The minimum Gasteiger partial charge on any atom is -0.490 e. The van der Waals surface area contributed by atoms with Crippen LogP contribution in [0.25, 0.3) is 21.8 Å². The van der Waals surface area contributed by atoms with Gasteiger partial charge in [0.25, 0.3) is 0 Å². The van der Waals surface area contributed by atoms with Crippen LogP contribution in [0.1, 0.15) is 57.5 Å². The molecule has 0 bridgehead atoms. The number of nitrogens with zero attached hydrogens (tertiary/aromatic N) is 3. The fourth-order valence-electron chi connectivity index (χ4n) is 5.32. The topological polar surface area (TPSA) is 104 Å². The second-order valence-corrected chi connectivity index (χ2v) is 11.0. The number of hydrogen-bond acceptors (Lipinski definition) is 4. The van der Waals surface area contributed by atoms with Crippen molar-refractivity contribution in [2.24, 2.45) is 5.73 Å². The maximum Gasteiger partial charge on any atom is 0.123 e. The van der Waals surface area contributed by atoms with Crippen molar-refractivity contribution >= 4 is 33.5 Å². The van der Waals surface area contributed by atoms with E-state index < -0.39 is 0 Å². The largest absolute Gasteiger partial charge is 0.490 e. The van der Waals surface area contributed by atoms with E-state index >= 15 is 0 Å². The Morgan fingerprint density at radius 1 is 1.03 bits per heavy atom. The van der Waals surface area contributed by atoms with Gasteiger partial charge >= 0.3 is 0 Å². The summed E-state index contributed by atoms with van der Waals surface area (Å²) in [5.41, 5.74) is 9.65. The van der Waals surface area contributed by atoms with Crippen molar-refractivity contribution < 1.29 is 4.74 Å². The monoisotopic (exact) mass is 496 g/mol. The SMILES string of the molecule is CC(=N)N1CCC(Oc2ccc3c(c2)nc(C(C)(C)C)n3Cc2ccc(C(=N)N)c3ccccc23)CC1. The minimum atomic E-state index is -0.146. The Kier molecular flexibility index (Phi) is 6.40. The van der Waals surface area contributed by atoms with Gasteiger partial charge in [-0.05, 0) is 35.4 Å². The van der Waals surface area contributed by atoms with E-state index in [9.17, 15) is 0 Å². The van der Waals surface area contributed by atoms with Crippen molar-refractivity contribution in [1.29, 1.82) is 10.8 Å². The fourth-order valence-corrected chi connectivity index (χ4v) is 5.32. The van der Waals surface area contributed by atoms with Crippen LogP contribution in [0.4, 0.5) is 0 Å². The number of ether oxygens (including phenoxy) is 1. The summed E-state index contributed by atoms with van der Waals surface area (Å²) in [4.78, 5) is 7.19. The van der Waals surface area contributed by atoms with E-state index in [1.54, 1.807) is 0 Å². The number of nitrogen functional groups attached to an aromatic ring is 1. The van der Waals surface area contributed by atoms with Crippen molar-refractivity contribution in [1.82, 2.24) is 14.5 Å². The lowest BCUT2D eigenvalue weighted by Crippen LogP contribution is -2.40. The number of imidazole rings is 1. The predicted octanol–water partition coefficient (Wildman–Crippen LogP) is 5.66. The summed E-state index contributed by atoms with van der Waals surface area (Å²) >= 11 is 0. The van der Waals surface area contributed by atoms with Gasteiger partial charge in [0.05, 0.1) is 16.9 Å². The molecule has 0 atom stereocenters. The van der Waals surface area contributed by atoms with Crippen LogP contribution in [-0.2, 0) is 12.0 Å². The van der Waals surface area contributed by atoms with Gasteiger partial charge in [-0.3, -0.25) is 10.8 Å². The molecule has 4 aromatic rings. The number of piperidine rings is 1. The highest BCUT2D eigenvalue weighted by Gasteiger charge is 2.25. The first-order valence-electron chi connectivity index (χ1n) is 12.9. The Morgan fingerprint density at radius 3 is 2.38 bits per heavy atom. The summed E-state index contributed by atoms with van der Waals surface area (Å²) < 4.78 is 8.66. The number of nitrogens with one attached hydrogen (secondary N) is 2. The minimum absolute atomic E-state index is 0.0809. The van der Waals surface area contributed by atoms with Crippen LogP contribution in [0.15, 0.2) is 54.6 Å². The molecule has 7 heteroatoms. The molecule has 2 heterocycles. The van der Waals surface area contributed by atoms with Crippen molar-refractivity contribution in [3.63, 3.8) is 0 Å². The van der Waals surface area contributed by atoms with Crippen molar-refractivity contribution in [2.75, 3.05) is 13.1 Å². The number of benzene rings is 3. The molecule has 1 saturated heterocycles. The molecular formula is C30H36N6O. The molecule has 37 heavy (non-hydrogen) atoms. The number of fused-ring (bicyclic) bond motifs is 2. The number of hydrogen-bond donors (Lipinski definition) is 3. The highest BCUT2D eigenvalue weighted by Crippen LogP contribution is 2.32. The standard InChI is InChI=1S/C30H36N6O/c1-19(31)35-15-13-21(14-16-35)37-22-10-12-27-26(17-22)34-29(30(2,3)4)36(27)18-20-9-11-25(28(32)33)24-8-6-5-7-23(20)24/h5-12,17,21,31H,13-16,18H2,1-4H3,(H3,32,33). The van der Waals surface area contributed by atoms with E-state index in [1.807, 2.05) is 31.2 Å². The zero-order valence-electron chi connectivity index (χ0n) is 22.1. The lowest BCUT2D eigenvalue weighted by molar-refractivity contribution is 0.130. The first kappa shape index (κ1) is 24.8. The zero-order chi connectivity index (χ0) is 26.3. The average molecular weight is 497 g/mol. The molecule has 4 N–H and O–H groups in total. The summed E-state index contributed by atoms with van der Waals surface area (Å²) in [6.45, 7) is 10.8. The van der Waals surface area contributed by atoms with E-state index in [-0.39, 0.29) is 17.4 Å². The number of nitrogens with two attached hydrogens (primary N) is 1. The van der Waals surface area contributed by atoms with E-state index in [2.05, 4.69) is 60.6 Å².